The molecule has 0 unspecified atom stereocenters. The molecule has 1 aromatic carbocycles. The van der Waals surface area contributed by atoms with E-state index in [0.29, 0.717) is 34.6 Å². The van der Waals surface area contributed by atoms with Gasteiger partial charge in [-0.2, -0.15) is 5.26 Å². The molecule has 0 spiro atoms. The summed E-state index contributed by atoms with van der Waals surface area (Å²) in [7, 11) is 0. The first-order valence-electron chi connectivity index (χ1n) is 8.19. The summed E-state index contributed by atoms with van der Waals surface area (Å²) in [5.41, 5.74) is 1.91. The third-order valence-corrected chi connectivity index (χ3v) is 3.84. The van der Waals surface area contributed by atoms with Crippen molar-refractivity contribution in [3.05, 3.63) is 70.3 Å². The first-order chi connectivity index (χ1) is 12.6. The Kier molecular flexibility index (Phi) is 4.94. The van der Waals surface area contributed by atoms with Crippen LogP contribution >= 0.6 is 0 Å². The number of carbonyl (C=O) groups excluding carboxylic acids is 1. The number of carbonyl (C=O) groups is 1. The van der Waals surface area contributed by atoms with Crippen molar-refractivity contribution < 1.29 is 4.79 Å². The molecule has 7 nitrogen and oxygen atoms in total. The van der Waals surface area contributed by atoms with Gasteiger partial charge in [-0.15, -0.1) is 0 Å². The molecule has 2 heterocycles. The van der Waals surface area contributed by atoms with Gasteiger partial charge >= 0.3 is 0 Å². The lowest BCUT2D eigenvalue weighted by Crippen LogP contribution is -2.24. The van der Waals surface area contributed by atoms with Crippen molar-refractivity contribution in [1.29, 1.82) is 5.26 Å². The van der Waals surface area contributed by atoms with Crippen LogP contribution in [0, 0.1) is 11.3 Å². The zero-order valence-electron chi connectivity index (χ0n) is 14.2. The van der Waals surface area contributed by atoms with Crippen LogP contribution in [-0.4, -0.2) is 27.2 Å². The molecule has 1 amide bonds. The van der Waals surface area contributed by atoms with Gasteiger partial charge < -0.3 is 5.32 Å². The molecular formula is C19H17N5O2. The molecule has 26 heavy (non-hydrogen) atoms. The molecule has 0 atom stereocenters. The molecular weight excluding hydrogens is 330 g/mol. The van der Waals surface area contributed by atoms with Crippen LogP contribution < -0.4 is 10.9 Å². The van der Waals surface area contributed by atoms with E-state index < -0.39 is 0 Å². The Labute approximate surface area is 149 Å². The summed E-state index contributed by atoms with van der Waals surface area (Å²) >= 11 is 0. The molecule has 130 valence electrons. The van der Waals surface area contributed by atoms with E-state index in [9.17, 15) is 9.59 Å². The monoisotopic (exact) mass is 347 g/mol. The highest BCUT2D eigenvalue weighted by Gasteiger charge is 2.10. The number of nitrogens with one attached hydrogen (secondary N) is 2. The van der Waals surface area contributed by atoms with Crippen LogP contribution in [0.25, 0.3) is 16.9 Å². The first-order valence-corrected chi connectivity index (χ1v) is 8.19. The summed E-state index contributed by atoms with van der Waals surface area (Å²) in [5, 5.41) is 14.3. The summed E-state index contributed by atoms with van der Waals surface area (Å²) in [6.45, 7) is 2.59. The SMILES string of the molecule is CCCNC(=O)c1ccc(-n2cc(-c3ccc(C#N)cc3)c(=O)[nH]2)nc1. The van der Waals surface area contributed by atoms with Gasteiger partial charge in [0.25, 0.3) is 11.5 Å². The maximum atomic E-state index is 12.2. The van der Waals surface area contributed by atoms with Crippen molar-refractivity contribution in [2.24, 2.45) is 0 Å². The highest BCUT2D eigenvalue weighted by atomic mass is 16.1. The number of nitrogens with zero attached hydrogens (tertiary/aromatic N) is 3. The highest BCUT2D eigenvalue weighted by Crippen LogP contribution is 2.17. The minimum absolute atomic E-state index is 0.176. The second-order valence-corrected chi connectivity index (χ2v) is 5.70. The summed E-state index contributed by atoms with van der Waals surface area (Å²) in [6.07, 6.45) is 3.98. The van der Waals surface area contributed by atoms with Crippen molar-refractivity contribution >= 4 is 5.91 Å². The maximum absolute atomic E-state index is 12.2. The predicted octanol–water partition coefficient (Wildman–Crippen LogP) is 2.24. The molecule has 0 aliphatic carbocycles. The largest absolute Gasteiger partial charge is 0.352 e. The van der Waals surface area contributed by atoms with Gasteiger partial charge in [0.05, 0.1) is 22.8 Å². The Hall–Kier alpha value is -3.66. The van der Waals surface area contributed by atoms with Crippen molar-refractivity contribution in [2.45, 2.75) is 13.3 Å². The quantitative estimate of drug-likeness (QED) is 0.738. The number of nitriles is 1. The Morgan fingerprint density at radius 1 is 1.27 bits per heavy atom. The van der Waals surface area contributed by atoms with Gasteiger partial charge in [0, 0.05) is 18.9 Å². The molecule has 7 heteroatoms. The average Bonchev–Trinajstić information content (AvgIpc) is 3.08. The van der Waals surface area contributed by atoms with Crippen LogP contribution in [0.5, 0.6) is 0 Å². The van der Waals surface area contributed by atoms with Crippen LogP contribution in [0.4, 0.5) is 0 Å². The number of hydrogen-bond acceptors (Lipinski definition) is 4. The average molecular weight is 347 g/mol. The molecule has 0 aliphatic heterocycles. The van der Waals surface area contributed by atoms with Crippen LogP contribution in [0.3, 0.4) is 0 Å². The minimum Gasteiger partial charge on any atom is -0.352 e. The van der Waals surface area contributed by atoms with Gasteiger partial charge in [0.15, 0.2) is 5.82 Å². The highest BCUT2D eigenvalue weighted by molar-refractivity contribution is 5.93. The second-order valence-electron chi connectivity index (χ2n) is 5.70. The van der Waals surface area contributed by atoms with Crippen LogP contribution in [0.1, 0.15) is 29.3 Å². The van der Waals surface area contributed by atoms with Gasteiger partial charge in [0.2, 0.25) is 0 Å². The normalized spacial score (nSPS) is 10.3. The smallest absolute Gasteiger partial charge is 0.272 e. The van der Waals surface area contributed by atoms with Crippen LogP contribution in [0.2, 0.25) is 0 Å². The Morgan fingerprint density at radius 3 is 2.65 bits per heavy atom. The van der Waals surface area contributed by atoms with E-state index in [1.165, 1.54) is 10.9 Å². The molecule has 0 saturated carbocycles. The molecule has 2 N–H and O–H groups in total. The van der Waals surface area contributed by atoms with E-state index >= 15 is 0 Å². The maximum Gasteiger partial charge on any atom is 0.272 e. The third-order valence-electron chi connectivity index (χ3n) is 3.84. The lowest BCUT2D eigenvalue weighted by atomic mass is 10.1. The number of rotatable bonds is 5. The molecule has 0 saturated heterocycles. The number of aromatic amines is 1. The van der Waals surface area contributed by atoms with E-state index in [1.807, 2.05) is 13.0 Å². The van der Waals surface area contributed by atoms with Crippen molar-refractivity contribution in [3.63, 3.8) is 0 Å². The van der Waals surface area contributed by atoms with E-state index in [1.54, 1.807) is 42.6 Å². The predicted molar refractivity (Wildman–Crippen MR) is 97.0 cm³/mol. The summed E-state index contributed by atoms with van der Waals surface area (Å²) in [6, 6.07) is 12.1. The minimum atomic E-state index is -0.263. The molecule has 2 aromatic heterocycles. The standard InChI is InChI=1S/C19H17N5O2/c1-2-9-21-18(25)15-7-8-17(22-11-15)24-12-16(19(26)23-24)14-5-3-13(10-20)4-6-14/h3-8,11-12H,2,9H2,1H3,(H,21,25)(H,23,26). The van der Waals surface area contributed by atoms with E-state index in [4.69, 9.17) is 5.26 Å². The molecule has 3 rings (SSSR count). The molecule has 0 bridgehead atoms. The number of pyridine rings is 1. The number of H-pyrrole nitrogens is 1. The molecule has 3 aromatic rings. The summed E-state index contributed by atoms with van der Waals surface area (Å²) in [4.78, 5) is 28.4. The molecule has 0 aliphatic rings. The topological polar surface area (TPSA) is 104 Å². The number of aromatic nitrogens is 3. The van der Waals surface area contributed by atoms with Gasteiger partial charge in [-0.25, -0.2) is 9.67 Å². The van der Waals surface area contributed by atoms with Crippen molar-refractivity contribution in [2.75, 3.05) is 6.54 Å². The Morgan fingerprint density at radius 2 is 2.04 bits per heavy atom. The van der Waals surface area contributed by atoms with E-state index in [2.05, 4.69) is 15.4 Å². The fourth-order valence-electron chi connectivity index (χ4n) is 2.45. The fraction of sp³-hybridized carbons (Fsp3) is 0.158. The first kappa shape index (κ1) is 17.2. The van der Waals surface area contributed by atoms with Gasteiger partial charge in [-0.05, 0) is 36.2 Å². The zero-order valence-corrected chi connectivity index (χ0v) is 14.2. The Bertz CT molecular complexity index is 1010. The summed E-state index contributed by atoms with van der Waals surface area (Å²) < 4.78 is 1.50. The van der Waals surface area contributed by atoms with E-state index in [0.717, 1.165) is 6.42 Å². The third kappa shape index (κ3) is 3.54. The zero-order chi connectivity index (χ0) is 18.5. The second kappa shape index (κ2) is 7.49. The van der Waals surface area contributed by atoms with Crippen molar-refractivity contribution in [3.8, 4) is 23.0 Å². The Balaban J connectivity index is 1.85. The van der Waals surface area contributed by atoms with Gasteiger partial charge in [-0.3, -0.25) is 14.7 Å². The van der Waals surface area contributed by atoms with Gasteiger partial charge in [-0.1, -0.05) is 19.1 Å². The van der Waals surface area contributed by atoms with Crippen molar-refractivity contribution in [1.82, 2.24) is 20.1 Å². The molecule has 0 radical (unpaired) electrons. The number of hydrogen-bond donors (Lipinski definition) is 2. The lowest BCUT2D eigenvalue weighted by Gasteiger charge is -2.05. The molecule has 0 fully saturated rings. The fourth-order valence-corrected chi connectivity index (χ4v) is 2.45. The summed E-state index contributed by atoms with van der Waals surface area (Å²) in [5.74, 6) is 0.319. The lowest BCUT2D eigenvalue weighted by molar-refractivity contribution is 0.0953. The number of benzene rings is 1. The van der Waals surface area contributed by atoms with Crippen LogP contribution in [0.15, 0.2) is 53.6 Å². The number of amides is 1. The van der Waals surface area contributed by atoms with E-state index in [-0.39, 0.29) is 11.5 Å². The van der Waals surface area contributed by atoms with Gasteiger partial charge in [0.1, 0.15) is 0 Å². The van der Waals surface area contributed by atoms with Crippen LogP contribution in [-0.2, 0) is 0 Å².